The molecule has 1 aliphatic rings. The zero-order valence-corrected chi connectivity index (χ0v) is 13.8. The number of thiophene rings is 1. The Hall–Kier alpha value is -1.05. The molecule has 1 atom stereocenters. The molecule has 114 valence electrons. The third-order valence-corrected chi connectivity index (χ3v) is 6.26. The summed E-state index contributed by atoms with van der Waals surface area (Å²) in [6, 6.07) is 2.19. The second-order valence-corrected chi connectivity index (χ2v) is 7.72. The summed E-state index contributed by atoms with van der Waals surface area (Å²) in [4.78, 5) is 11.3. The fourth-order valence-corrected chi connectivity index (χ4v) is 4.73. The smallest absolute Gasteiger partial charge is 0.240 e. The molecule has 3 heterocycles. The summed E-state index contributed by atoms with van der Waals surface area (Å²) in [5, 5.41) is 5.30. The normalized spacial score (nSPS) is 18.9. The van der Waals surface area contributed by atoms with Crippen LogP contribution in [0.5, 0.6) is 0 Å². The summed E-state index contributed by atoms with van der Waals surface area (Å²) in [6.45, 7) is 3.12. The highest BCUT2D eigenvalue weighted by Crippen LogP contribution is 2.31. The number of hydrazine groups is 1. The second-order valence-electron chi connectivity index (χ2n) is 5.19. The van der Waals surface area contributed by atoms with Crippen LogP contribution >= 0.6 is 23.1 Å². The molecule has 3 rings (SSSR count). The SMILES string of the molecule is CCc1cc2c(NCC3CCCCS3)nc(NN)nc2s1. The van der Waals surface area contributed by atoms with Gasteiger partial charge in [-0.3, -0.25) is 5.43 Å². The largest absolute Gasteiger partial charge is 0.368 e. The number of aryl methyl sites for hydroxylation is 1. The van der Waals surface area contributed by atoms with E-state index in [9.17, 15) is 0 Å². The Kier molecular flexibility index (Phi) is 4.82. The molecule has 0 aromatic carbocycles. The maximum atomic E-state index is 5.49. The van der Waals surface area contributed by atoms with Gasteiger partial charge >= 0.3 is 0 Å². The van der Waals surface area contributed by atoms with Crippen LogP contribution in [0.15, 0.2) is 6.07 Å². The van der Waals surface area contributed by atoms with Crippen LogP contribution in [-0.4, -0.2) is 27.5 Å². The van der Waals surface area contributed by atoms with Crippen LogP contribution in [-0.2, 0) is 6.42 Å². The highest BCUT2D eigenvalue weighted by atomic mass is 32.2. The minimum Gasteiger partial charge on any atom is -0.368 e. The van der Waals surface area contributed by atoms with Gasteiger partial charge < -0.3 is 5.32 Å². The molecule has 1 fully saturated rings. The third-order valence-electron chi connectivity index (χ3n) is 3.69. The van der Waals surface area contributed by atoms with Crippen LogP contribution in [0.2, 0.25) is 0 Å². The van der Waals surface area contributed by atoms with Gasteiger partial charge in [-0.2, -0.15) is 16.7 Å². The molecular weight excluding hydrogens is 302 g/mol. The van der Waals surface area contributed by atoms with E-state index in [-0.39, 0.29) is 0 Å². The zero-order chi connectivity index (χ0) is 14.7. The van der Waals surface area contributed by atoms with Crippen LogP contribution in [0.25, 0.3) is 10.2 Å². The van der Waals surface area contributed by atoms with E-state index in [0.29, 0.717) is 11.2 Å². The zero-order valence-electron chi connectivity index (χ0n) is 12.2. The highest BCUT2D eigenvalue weighted by Gasteiger charge is 2.16. The number of nitrogens with two attached hydrogens (primary N) is 1. The van der Waals surface area contributed by atoms with Gasteiger partial charge in [-0.25, -0.2) is 10.8 Å². The predicted molar refractivity (Wildman–Crippen MR) is 93.2 cm³/mol. The van der Waals surface area contributed by atoms with Crippen molar-refractivity contribution in [3.63, 3.8) is 0 Å². The molecule has 2 aromatic rings. The summed E-state index contributed by atoms with van der Waals surface area (Å²) in [7, 11) is 0. The van der Waals surface area contributed by atoms with E-state index >= 15 is 0 Å². The summed E-state index contributed by atoms with van der Waals surface area (Å²) >= 11 is 3.77. The van der Waals surface area contributed by atoms with Gasteiger partial charge in [0.2, 0.25) is 5.95 Å². The lowest BCUT2D eigenvalue weighted by Gasteiger charge is -2.21. The Labute approximate surface area is 133 Å². The summed E-state index contributed by atoms with van der Waals surface area (Å²) < 4.78 is 0. The molecule has 0 radical (unpaired) electrons. The van der Waals surface area contributed by atoms with Gasteiger partial charge in [-0.15, -0.1) is 11.3 Å². The van der Waals surface area contributed by atoms with Gasteiger partial charge in [-0.1, -0.05) is 13.3 Å². The van der Waals surface area contributed by atoms with E-state index in [1.54, 1.807) is 11.3 Å². The fourth-order valence-electron chi connectivity index (χ4n) is 2.52. The Balaban J connectivity index is 1.82. The second kappa shape index (κ2) is 6.81. The first-order valence-electron chi connectivity index (χ1n) is 7.42. The minimum absolute atomic E-state index is 0.478. The molecule has 1 aliphatic heterocycles. The molecule has 4 N–H and O–H groups in total. The monoisotopic (exact) mass is 323 g/mol. The Morgan fingerprint density at radius 1 is 1.38 bits per heavy atom. The first-order valence-corrected chi connectivity index (χ1v) is 9.29. The standard InChI is InChI=1S/C14H21N5S2/c1-2-9-7-11-12(16-8-10-5-3-4-6-20-10)17-14(19-15)18-13(11)21-9/h7,10H,2-6,8,15H2,1H3,(H2,16,17,18,19). The molecule has 1 unspecified atom stereocenters. The quantitative estimate of drug-likeness (QED) is 0.579. The molecule has 7 heteroatoms. The van der Waals surface area contributed by atoms with Crippen molar-refractivity contribution >= 4 is 45.1 Å². The van der Waals surface area contributed by atoms with Gasteiger partial charge in [0.15, 0.2) is 0 Å². The van der Waals surface area contributed by atoms with Crippen LogP contribution < -0.4 is 16.6 Å². The third kappa shape index (κ3) is 3.41. The fraction of sp³-hybridized carbons (Fsp3) is 0.571. The van der Waals surface area contributed by atoms with E-state index < -0.39 is 0 Å². The van der Waals surface area contributed by atoms with Gasteiger partial charge in [0.05, 0.1) is 5.39 Å². The maximum absolute atomic E-state index is 5.49. The Morgan fingerprint density at radius 3 is 3.00 bits per heavy atom. The minimum atomic E-state index is 0.478. The van der Waals surface area contributed by atoms with Crippen LogP contribution in [0, 0.1) is 0 Å². The molecule has 1 saturated heterocycles. The number of aromatic nitrogens is 2. The number of rotatable bonds is 5. The maximum Gasteiger partial charge on any atom is 0.240 e. The number of thioether (sulfide) groups is 1. The molecule has 5 nitrogen and oxygen atoms in total. The van der Waals surface area contributed by atoms with Crippen molar-refractivity contribution in [3.05, 3.63) is 10.9 Å². The Bertz CT molecular complexity index is 607. The molecule has 0 bridgehead atoms. The molecule has 21 heavy (non-hydrogen) atoms. The number of fused-ring (bicyclic) bond motifs is 1. The lowest BCUT2D eigenvalue weighted by molar-refractivity contribution is 0.677. The average molecular weight is 323 g/mol. The molecule has 0 amide bonds. The lowest BCUT2D eigenvalue weighted by atomic mass is 10.2. The molecular formula is C14H21N5S2. The van der Waals surface area contributed by atoms with Crippen molar-refractivity contribution in [3.8, 4) is 0 Å². The number of anilines is 2. The van der Waals surface area contributed by atoms with Gasteiger partial charge in [0.1, 0.15) is 10.6 Å². The molecule has 2 aromatic heterocycles. The molecule has 0 spiro atoms. The van der Waals surface area contributed by atoms with Gasteiger partial charge in [0, 0.05) is 16.7 Å². The number of nitrogen functional groups attached to an aromatic ring is 1. The van der Waals surface area contributed by atoms with E-state index in [0.717, 1.165) is 29.0 Å². The van der Waals surface area contributed by atoms with E-state index in [1.165, 1.54) is 29.9 Å². The number of hydrogen-bond acceptors (Lipinski definition) is 7. The van der Waals surface area contributed by atoms with Crippen molar-refractivity contribution in [2.75, 3.05) is 23.0 Å². The van der Waals surface area contributed by atoms with Crippen LogP contribution in [0.4, 0.5) is 11.8 Å². The lowest BCUT2D eigenvalue weighted by Crippen LogP contribution is -2.21. The highest BCUT2D eigenvalue weighted by molar-refractivity contribution is 7.99. The predicted octanol–water partition coefficient (Wildman–Crippen LogP) is 3.24. The molecule has 0 aliphatic carbocycles. The average Bonchev–Trinajstić information content (AvgIpc) is 2.96. The van der Waals surface area contributed by atoms with Crippen molar-refractivity contribution in [1.82, 2.24) is 9.97 Å². The summed E-state index contributed by atoms with van der Waals surface area (Å²) in [5.41, 5.74) is 2.56. The van der Waals surface area contributed by atoms with Gasteiger partial charge in [-0.05, 0) is 31.1 Å². The van der Waals surface area contributed by atoms with Crippen molar-refractivity contribution < 1.29 is 0 Å². The summed E-state index contributed by atoms with van der Waals surface area (Å²) in [5.74, 6) is 8.14. The van der Waals surface area contributed by atoms with E-state index in [1.807, 2.05) is 0 Å². The topological polar surface area (TPSA) is 75.9 Å². The molecule has 0 saturated carbocycles. The van der Waals surface area contributed by atoms with E-state index in [4.69, 9.17) is 5.84 Å². The Morgan fingerprint density at radius 2 is 2.29 bits per heavy atom. The number of nitrogens with one attached hydrogen (secondary N) is 2. The van der Waals surface area contributed by atoms with Crippen molar-refractivity contribution in [2.45, 2.75) is 37.9 Å². The van der Waals surface area contributed by atoms with E-state index in [2.05, 4.69) is 45.5 Å². The van der Waals surface area contributed by atoms with Crippen LogP contribution in [0.1, 0.15) is 31.1 Å². The van der Waals surface area contributed by atoms with Crippen LogP contribution in [0.3, 0.4) is 0 Å². The number of hydrogen-bond donors (Lipinski definition) is 3. The number of nitrogens with zero attached hydrogens (tertiary/aromatic N) is 2. The summed E-state index contributed by atoms with van der Waals surface area (Å²) in [6.07, 6.45) is 5.00. The van der Waals surface area contributed by atoms with Crippen molar-refractivity contribution in [1.29, 1.82) is 0 Å². The first-order chi connectivity index (χ1) is 10.3. The van der Waals surface area contributed by atoms with Gasteiger partial charge in [0.25, 0.3) is 0 Å². The van der Waals surface area contributed by atoms with Crippen molar-refractivity contribution in [2.24, 2.45) is 5.84 Å². The first kappa shape index (κ1) is 14.9.